The zero-order valence-corrected chi connectivity index (χ0v) is 8.22. The molecular weight excluding hydrogens is 190 g/mol. The lowest BCUT2D eigenvalue weighted by Gasteiger charge is -2.13. The first-order chi connectivity index (χ1) is 7.27. The van der Waals surface area contributed by atoms with Crippen LogP contribution in [0.5, 0.6) is 0 Å². The summed E-state index contributed by atoms with van der Waals surface area (Å²) in [4.78, 5) is 11.0. The lowest BCUT2D eigenvalue weighted by Crippen LogP contribution is -2.08. The van der Waals surface area contributed by atoms with Crippen molar-refractivity contribution in [2.24, 2.45) is 0 Å². The monoisotopic (exact) mass is 201 g/mol. The van der Waals surface area contributed by atoms with Crippen molar-refractivity contribution in [3.05, 3.63) is 48.6 Å². The van der Waals surface area contributed by atoms with Crippen molar-refractivity contribution in [2.75, 3.05) is 0 Å². The maximum atomic E-state index is 11.0. The highest BCUT2D eigenvalue weighted by Gasteiger charge is 2.14. The Kier molecular flexibility index (Phi) is 4.11. The first-order valence-electron chi connectivity index (χ1n) is 4.53. The third-order valence-corrected chi connectivity index (χ3v) is 1.87. The van der Waals surface area contributed by atoms with Crippen molar-refractivity contribution in [1.29, 1.82) is 5.26 Å². The lowest BCUT2D eigenvalue weighted by molar-refractivity contribution is -0.143. The minimum atomic E-state index is -0.515. The summed E-state index contributed by atoms with van der Waals surface area (Å²) in [6.07, 6.45) is 0.721. The highest BCUT2D eigenvalue weighted by Crippen LogP contribution is 2.20. The molecule has 1 atom stereocenters. The summed E-state index contributed by atoms with van der Waals surface area (Å²) < 4.78 is 5.05. The van der Waals surface area contributed by atoms with E-state index in [1.165, 1.54) is 0 Å². The van der Waals surface area contributed by atoms with Gasteiger partial charge in [-0.05, 0) is 5.56 Å². The number of hydrogen-bond acceptors (Lipinski definition) is 3. The molecule has 0 aliphatic heterocycles. The summed E-state index contributed by atoms with van der Waals surface area (Å²) >= 11 is 0. The number of carbonyl (C=O) groups is 1. The second-order valence-electron chi connectivity index (χ2n) is 2.90. The van der Waals surface area contributed by atoms with E-state index < -0.39 is 12.1 Å². The summed E-state index contributed by atoms with van der Waals surface area (Å²) in [7, 11) is 0. The molecule has 0 aliphatic rings. The molecule has 0 aromatic heterocycles. The molecule has 3 heteroatoms. The van der Waals surface area contributed by atoms with Gasteiger partial charge in [0.2, 0.25) is 0 Å². The van der Waals surface area contributed by atoms with E-state index in [-0.39, 0.29) is 6.42 Å². The maximum Gasteiger partial charge on any atom is 0.330 e. The van der Waals surface area contributed by atoms with Gasteiger partial charge < -0.3 is 4.74 Å². The molecule has 0 bridgehead atoms. The molecule has 0 spiro atoms. The molecule has 1 aromatic carbocycles. The number of carbonyl (C=O) groups excluding carboxylic acids is 1. The molecule has 0 heterocycles. The van der Waals surface area contributed by atoms with E-state index in [2.05, 4.69) is 6.58 Å². The Bertz CT molecular complexity index is 378. The van der Waals surface area contributed by atoms with Crippen LogP contribution in [0.25, 0.3) is 0 Å². The summed E-state index contributed by atoms with van der Waals surface area (Å²) in [6.45, 7) is 3.31. The second-order valence-corrected chi connectivity index (χ2v) is 2.90. The summed E-state index contributed by atoms with van der Waals surface area (Å²) in [5.74, 6) is -0.515. The number of ether oxygens (including phenoxy) is 1. The van der Waals surface area contributed by atoms with Crippen LogP contribution in [0, 0.1) is 11.3 Å². The summed E-state index contributed by atoms with van der Waals surface area (Å²) in [5, 5.41) is 8.62. The van der Waals surface area contributed by atoms with Gasteiger partial charge in [0.1, 0.15) is 6.10 Å². The van der Waals surface area contributed by atoms with Crippen LogP contribution in [0.1, 0.15) is 18.1 Å². The van der Waals surface area contributed by atoms with Crippen LogP contribution in [0.15, 0.2) is 43.0 Å². The molecule has 0 saturated carbocycles. The zero-order valence-electron chi connectivity index (χ0n) is 8.22. The normalized spacial score (nSPS) is 11.1. The van der Waals surface area contributed by atoms with Crippen LogP contribution in [0.2, 0.25) is 0 Å². The van der Waals surface area contributed by atoms with Crippen LogP contribution < -0.4 is 0 Å². The Balaban J connectivity index is 2.79. The number of nitriles is 1. The predicted molar refractivity (Wildman–Crippen MR) is 55.7 cm³/mol. The minimum Gasteiger partial charge on any atom is -0.453 e. The van der Waals surface area contributed by atoms with Gasteiger partial charge in [-0.25, -0.2) is 4.79 Å². The Morgan fingerprint density at radius 1 is 1.53 bits per heavy atom. The molecule has 15 heavy (non-hydrogen) atoms. The molecular formula is C12H11NO2. The van der Waals surface area contributed by atoms with E-state index in [9.17, 15) is 4.79 Å². The maximum absolute atomic E-state index is 11.0. The molecule has 1 unspecified atom stereocenters. The molecule has 0 radical (unpaired) electrons. The van der Waals surface area contributed by atoms with Crippen molar-refractivity contribution in [3.8, 4) is 6.07 Å². The van der Waals surface area contributed by atoms with E-state index in [0.717, 1.165) is 11.6 Å². The highest BCUT2D eigenvalue weighted by molar-refractivity contribution is 5.81. The number of benzene rings is 1. The molecule has 1 aromatic rings. The largest absolute Gasteiger partial charge is 0.453 e. The number of hydrogen-bond donors (Lipinski definition) is 0. The smallest absolute Gasteiger partial charge is 0.330 e. The molecule has 0 amide bonds. The first kappa shape index (κ1) is 11.0. The zero-order chi connectivity index (χ0) is 11.1. The lowest BCUT2D eigenvalue weighted by atomic mass is 10.1. The standard InChI is InChI=1S/C12H11NO2/c1-2-12(14)15-11(8-9-13)10-6-4-3-5-7-10/h2-7,11H,1,8H2. The van der Waals surface area contributed by atoms with Crippen LogP contribution in [-0.2, 0) is 9.53 Å². The Labute approximate surface area is 88.6 Å². The highest BCUT2D eigenvalue weighted by atomic mass is 16.5. The van der Waals surface area contributed by atoms with E-state index in [1.807, 2.05) is 36.4 Å². The average Bonchev–Trinajstić information content (AvgIpc) is 2.29. The van der Waals surface area contributed by atoms with Crippen molar-refractivity contribution < 1.29 is 9.53 Å². The van der Waals surface area contributed by atoms with Gasteiger partial charge in [0.05, 0.1) is 12.5 Å². The summed E-state index contributed by atoms with van der Waals surface area (Å²) in [6, 6.07) is 11.2. The molecule has 76 valence electrons. The first-order valence-corrected chi connectivity index (χ1v) is 4.53. The van der Waals surface area contributed by atoms with E-state index >= 15 is 0 Å². The van der Waals surface area contributed by atoms with E-state index in [0.29, 0.717) is 0 Å². The van der Waals surface area contributed by atoms with E-state index in [4.69, 9.17) is 10.00 Å². The number of nitrogens with zero attached hydrogens (tertiary/aromatic N) is 1. The molecule has 0 fully saturated rings. The molecule has 1 rings (SSSR count). The van der Waals surface area contributed by atoms with Gasteiger partial charge in [-0.1, -0.05) is 36.9 Å². The Hall–Kier alpha value is -2.08. The fraction of sp³-hybridized carbons (Fsp3) is 0.167. The van der Waals surface area contributed by atoms with Gasteiger partial charge in [-0.3, -0.25) is 0 Å². The summed E-state index contributed by atoms with van der Waals surface area (Å²) in [5.41, 5.74) is 0.814. The topological polar surface area (TPSA) is 50.1 Å². The SMILES string of the molecule is C=CC(=O)OC(CC#N)c1ccccc1. The van der Waals surface area contributed by atoms with Gasteiger partial charge in [-0.2, -0.15) is 5.26 Å². The van der Waals surface area contributed by atoms with Gasteiger partial charge in [0.25, 0.3) is 0 Å². The fourth-order valence-corrected chi connectivity index (χ4v) is 1.17. The third kappa shape index (κ3) is 3.28. The van der Waals surface area contributed by atoms with Crippen LogP contribution in [-0.4, -0.2) is 5.97 Å². The van der Waals surface area contributed by atoms with Crippen molar-refractivity contribution >= 4 is 5.97 Å². The molecule has 0 N–H and O–H groups in total. The quantitative estimate of drug-likeness (QED) is 0.555. The molecule has 0 aliphatic carbocycles. The van der Waals surface area contributed by atoms with Gasteiger partial charge in [0, 0.05) is 6.08 Å². The second kappa shape index (κ2) is 5.61. The number of rotatable bonds is 4. The molecule has 3 nitrogen and oxygen atoms in total. The van der Waals surface area contributed by atoms with Crippen molar-refractivity contribution in [1.82, 2.24) is 0 Å². The van der Waals surface area contributed by atoms with Crippen molar-refractivity contribution in [3.63, 3.8) is 0 Å². The van der Waals surface area contributed by atoms with Crippen LogP contribution in [0.3, 0.4) is 0 Å². The molecule has 0 saturated heterocycles. The Morgan fingerprint density at radius 2 is 2.20 bits per heavy atom. The average molecular weight is 201 g/mol. The predicted octanol–water partition coefficient (Wildman–Crippen LogP) is 2.37. The fourth-order valence-electron chi connectivity index (χ4n) is 1.17. The van der Waals surface area contributed by atoms with Gasteiger partial charge in [0.15, 0.2) is 0 Å². The van der Waals surface area contributed by atoms with Crippen molar-refractivity contribution in [2.45, 2.75) is 12.5 Å². The van der Waals surface area contributed by atoms with Gasteiger partial charge in [-0.15, -0.1) is 0 Å². The van der Waals surface area contributed by atoms with Gasteiger partial charge >= 0.3 is 5.97 Å². The Morgan fingerprint density at radius 3 is 2.73 bits per heavy atom. The number of esters is 1. The van der Waals surface area contributed by atoms with Crippen LogP contribution in [0.4, 0.5) is 0 Å². The third-order valence-electron chi connectivity index (χ3n) is 1.87. The minimum absolute atomic E-state index is 0.142. The van der Waals surface area contributed by atoms with Crippen LogP contribution >= 0.6 is 0 Å². The van der Waals surface area contributed by atoms with E-state index in [1.54, 1.807) is 0 Å².